The number of aliphatic hydroxyl groups excluding tert-OH is 1. The number of nitrogens with one attached hydrogen (secondary N) is 1. The number of nitrogens with zero attached hydrogens (tertiary/aromatic N) is 3. The monoisotopic (exact) mass is 410 g/mol. The predicted octanol–water partition coefficient (Wildman–Crippen LogP) is 2.34. The summed E-state index contributed by atoms with van der Waals surface area (Å²) in [6, 6.07) is 5.36. The van der Waals surface area contributed by atoms with E-state index in [0.717, 1.165) is 24.3 Å². The second kappa shape index (κ2) is 7.38. The molecule has 0 aromatic carbocycles. The SMILES string of the molecule is CN(CCO)C(=O)c1cn2c(C(=O)NCC34CC5CC(CC(C5)C3)C4)cccc2n1. The molecule has 6 rings (SSSR count). The van der Waals surface area contributed by atoms with Gasteiger partial charge in [-0.15, -0.1) is 0 Å². The zero-order valence-corrected chi connectivity index (χ0v) is 17.5. The van der Waals surface area contributed by atoms with Gasteiger partial charge in [-0.25, -0.2) is 4.98 Å². The molecule has 0 saturated heterocycles. The number of amides is 2. The number of aromatic nitrogens is 2. The lowest BCUT2D eigenvalue weighted by molar-refractivity contribution is -0.0503. The van der Waals surface area contributed by atoms with Gasteiger partial charge >= 0.3 is 0 Å². The third kappa shape index (κ3) is 3.39. The van der Waals surface area contributed by atoms with Crippen molar-refractivity contribution < 1.29 is 14.7 Å². The molecule has 4 saturated carbocycles. The van der Waals surface area contributed by atoms with E-state index in [9.17, 15) is 9.59 Å². The largest absolute Gasteiger partial charge is 0.395 e. The first-order valence-electron chi connectivity index (χ1n) is 11.1. The average molecular weight is 411 g/mol. The first-order valence-corrected chi connectivity index (χ1v) is 11.1. The minimum absolute atomic E-state index is 0.104. The van der Waals surface area contributed by atoms with Gasteiger partial charge in [0.15, 0.2) is 0 Å². The van der Waals surface area contributed by atoms with Crippen LogP contribution in [0.2, 0.25) is 0 Å². The van der Waals surface area contributed by atoms with Gasteiger partial charge in [0.1, 0.15) is 17.0 Å². The van der Waals surface area contributed by atoms with Gasteiger partial charge in [-0.3, -0.25) is 14.0 Å². The van der Waals surface area contributed by atoms with Crippen LogP contribution >= 0.6 is 0 Å². The maximum absolute atomic E-state index is 13.1. The van der Waals surface area contributed by atoms with E-state index in [1.807, 2.05) is 0 Å². The Morgan fingerprint density at radius 1 is 1.20 bits per heavy atom. The lowest BCUT2D eigenvalue weighted by atomic mass is 9.49. The maximum atomic E-state index is 13.1. The molecule has 0 aliphatic heterocycles. The molecule has 2 amide bonds. The Balaban J connectivity index is 1.33. The Morgan fingerprint density at radius 2 is 1.87 bits per heavy atom. The highest BCUT2D eigenvalue weighted by molar-refractivity contribution is 5.95. The first-order chi connectivity index (χ1) is 14.5. The van der Waals surface area contributed by atoms with Crippen LogP contribution in [0.5, 0.6) is 0 Å². The van der Waals surface area contributed by atoms with Crippen molar-refractivity contribution in [3.05, 3.63) is 35.8 Å². The molecule has 0 radical (unpaired) electrons. The van der Waals surface area contributed by atoms with Crippen LogP contribution in [0, 0.1) is 23.2 Å². The first kappa shape index (κ1) is 19.5. The van der Waals surface area contributed by atoms with Gasteiger partial charge in [-0.2, -0.15) is 0 Å². The number of hydrogen-bond donors (Lipinski definition) is 2. The van der Waals surface area contributed by atoms with Crippen molar-refractivity contribution in [1.82, 2.24) is 19.6 Å². The smallest absolute Gasteiger partial charge is 0.273 e. The van der Waals surface area contributed by atoms with E-state index in [-0.39, 0.29) is 36.1 Å². The number of aliphatic hydroxyl groups is 1. The van der Waals surface area contributed by atoms with Gasteiger partial charge in [0.05, 0.1) is 6.61 Å². The highest BCUT2D eigenvalue weighted by atomic mass is 16.3. The molecule has 4 aliphatic carbocycles. The van der Waals surface area contributed by atoms with E-state index in [1.54, 1.807) is 35.8 Å². The molecule has 4 aliphatic rings. The fourth-order valence-corrected chi connectivity index (χ4v) is 6.61. The minimum atomic E-state index is -0.271. The lowest BCUT2D eigenvalue weighted by Gasteiger charge is -2.56. The summed E-state index contributed by atoms with van der Waals surface area (Å²) in [5.74, 6) is 2.18. The molecule has 160 valence electrons. The second-order valence-electron chi connectivity index (χ2n) is 9.82. The van der Waals surface area contributed by atoms with Crippen LogP contribution < -0.4 is 5.32 Å². The normalized spacial score (nSPS) is 29.3. The summed E-state index contributed by atoms with van der Waals surface area (Å²) in [4.78, 5) is 31.4. The van der Waals surface area contributed by atoms with Crippen LogP contribution in [0.4, 0.5) is 0 Å². The molecule has 0 unspecified atom stereocenters. The summed E-state index contributed by atoms with van der Waals surface area (Å²) in [6.07, 6.45) is 9.56. The molecule has 7 heteroatoms. The number of carbonyl (C=O) groups excluding carboxylic acids is 2. The standard InChI is InChI=1S/C23H30N4O3/c1-26(5-6-28)22(30)18-13-27-19(3-2-4-20(27)25-18)21(29)24-14-23-10-15-7-16(11-23)9-17(8-15)12-23/h2-4,13,15-17,28H,5-12,14H2,1H3,(H,24,29). The van der Waals surface area contributed by atoms with Gasteiger partial charge in [-0.1, -0.05) is 6.07 Å². The minimum Gasteiger partial charge on any atom is -0.395 e. The number of fused-ring (bicyclic) bond motifs is 1. The molecule has 2 N–H and O–H groups in total. The van der Waals surface area contributed by atoms with Gasteiger partial charge < -0.3 is 15.3 Å². The molecule has 0 spiro atoms. The molecule has 7 nitrogen and oxygen atoms in total. The van der Waals surface area contributed by atoms with Gasteiger partial charge in [0.25, 0.3) is 11.8 Å². The Kier molecular flexibility index (Phi) is 4.81. The molecular formula is C23H30N4O3. The molecular weight excluding hydrogens is 380 g/mol. The van der Waals surface area contributed by atoms with E-state index in [1.165, 1.54) is 43.4 Å². The van der Waals surface area contributed by atoms with E-state index >= 15 is 0 Å². The number of rotatable bonds is 6. The zero-order valence-electron chi connectivity index (χ0n) is 17.5. The van der Waals surface area contributed by atoms with Crippen LogP contribution in [0.25, 0.3) is 5.65 Å². The van der Waals surface area contributed by atoms with Crippen molar-refractivity contribution in [2.75, 3.05) is 26.7 Å². The molecule has 4 fully saturated rings. The highest BCUT2D eigenvalue weighted by Gasteiger charge is 2.50. The Bertz CT molecular complexity index is 947. The maximum Gasteiger partial charge on any atom is 0.273 e. The van der Waals surface area contributed by atoms with Gasteiger partial charge in [0.2, 0.25) is 0 Å². The van der Waals surface area contributed by atoms with Gasteiger partial charge in [0, 0.05) is 26.3 Å². The number of hydrogen-bond acceptors (Lipinski definition) is 4. The van der Waals surface area contributed by atoms with Crippen LogP contribution in [0.3, 0.4) is 0 Å². The number of likely N-dealkylation sites (N-methyl/N-ethyl adjacent to an activating group) is 1. The molecule has 0 atom stereocenters. The topological polar surface area (TPSA) is 86.9 Å². The number of pyridine rings is 1. The van der Waals surface area contributed by atoms with E-state index in [4.69, 9.17) is 5.11 Å². The lowest BCUT2D eigenvalue weighted by Crippen LogP contribution is -2.51. The van der Waals surface area contributed by atoms with E-state index in [0.29, 0.717) is 11.3 Å². The number of carbonyl (C=O) groups is 2. The molecule has 2 aromatic rings. The highest BCUT2D eigenvalue weighted by Crippen LogP contribution is 2.59. The summed E-state index contributed by atoms with van der Waals surface area (Å²) in [6.45, 7) is 0.879. The molecule has 4 bridgehead atoms. The van der Waals surface area contributed by atoms with Crippen molar-refractivity contribution in [1.29, 1.82) is 0 Å². The number of imidazole rings is 1. The average Bonchev–Trinajstić information content (AvgIpc) is 3.15. The molecule has 30 heavy (non-hydrogen) atoms. The molecule has 2 aromatic heterocycles. The Labute approximate surface area is 176 Å². The molecule has 2 heterocycles. The summed E-state index contributed by atoms with van der Waals surface area (Å²) in [5.41, 5.74) is 1.61. The fraction of sp³-hybridized carbons (Fsp3) is 0.609. The summed E-state index contributed by atoms with van der Waals surface area (Å²) < 4.78 is 1.69. The van der Waals surface area contributed by atoms with Gasteiger partial charge in [-0.05, 0) is 73.8 Å². The Hall–Kier alpha value is -2.41. The van der Waals surface area contributed by atoms with E-state index < -0.39 is 0 Å². The predicted molar refractivity (Wildman–Crippen MR) is 112 cm³/mol. The zero-order chi connectivity index (χ0) is 20.9. The van der Waals surface area contributed by atoms with Crippen LogP contribution in [0.15, 0.2) is 24.4 Å². The summed E-state index contributed by atoms with van der Waals surface area (Å²) in [7, 11) is 1.63. The fourth-order valence-electron chi connectivity index (χ4n) is 6.61. The van der Waals surface area contributed by atoms with Crippen molar-refractivity contribution in [3.8, 4) is 0 Å². The van der Waals surface area contributed by atoms with Crippen LogP contribution in [-0.2, 0) is 0 Å². The summed E-state index contributed by atoms with van der Waals surface area (Å²) in [5, 5.41) is 12.3. The third-order valence-electron chi connectivity index (χ3n) is 7.52. The summed E-state index contributed by atoms with van der Waals surface area (Å²) >= 11 is 0. The van der Waals surface area contributed by atoms with Crippen LogP contribution in [-0.4, -0.2) is 57.9 Å². The van der Waals surface area contributed by atoms with Crippen molar-refractivity contribution in [2.45, 2.75) is 38.5 Å². The Morgan fingerprint density at radius 3 is 2.50 bits per heavy atom. The second-order valence-corrected chi connectivity index (χ2v) is 9.82. The van der Waals surface area contributed by atoms with E-state index in [2.05, 4.69) is 10.3 Å². The van der Waals surface area contributed by atoms with Crippen molar-refractivity contribution in [2.24, 2.45) is 23.2 Å². The quantitative estimate of drug-likeness (QED) is 0.765. The van der Waals surface area contributed by atoms with Crippen molar-refractivity contribution in [3.63, 3.8) is 0 Å². The third-order valence-corrected chi connectivity index (χ3v) is 7.52. The van der Waals surface area contributed by atoms with Crippen molar-refractivity contribution >= 4 is 17.5 Å². The van der Waals surface area contributed by atoms with Crippen LogP contribution in [0.1, 0.15) is 59.5 Å².